The van der Waals surface area contributed by atoms with Crippen molar-refractivity contribution in [2.45, 2.75) is 39.8 Å². The van der Waals surface area contributed by atoms with Crippen molar-refractivity contribution in [3.8, 4) is 34.5 Å². The molecule has 0 fully saturated rings. The minimum Gasteiger partial charge on any atom is -0.502 e. The number of hydrogen-bond acceptors (Lipinski definition) is 14. The van der Waals surface area contributed by atoms with Gasteiger partial charge in [-0.3, -0.25) is 34.3 Å². The van der Waals surface area contributed by atoms with Crippen LogP contribution >= 0.6 is 11.6 Å². The van der Waals surface area contributed by atoms with E-state index >= 15 is 0 Å². The van der Waals surface area contributed by atoms with Crippen LogP contribution in [0.2, 0.25) is 0 Å². The third-order valence-corrected chi connectivity index (χ3v) is 13.8. The van der Waals surface area contributed by atoms with Gasteiger partial charge in [-0.05, 0) is 200 Å². The van der Waals surface area contributed by atoms with Crippen LogP contribution in [0.25, 0.3) is 34.4 Å². The summed E-state index contributed by atoms with van der Waals surface area (Å²) in [5.74, 6) is -0.547. The summed E-state index contributed by atoms with van der Waals surface area (Å²) in [4.78, 5) is 64.5. The van der Waals surface area contributed by atoms with Crippen LogP contribution < -0.4 is 34.3 Å². The maximum Gasteiger partial charge on any atom is 0.345 e. The number of allylic oxidation sites excluding steroid dienone is 4. The number of fused-ring (bicyclic) bond motifs is 2. The molecule has 0 bridgehead atoms. The Morgan fingerprint density at radius 1 is 0.529 bits per heavy atom. The van der Waals surface area contributed by atoms with Crippen LogP contribution in [0.5, 0.6) is 34.5 Å². The molecule has 0 saturated carbocycles. The van der Waals surface area contributed by atoms with Gasteiger partial charge in [-0.2, -0.15) is 0 Å². The molecule has 3 N–H and O–H groups in total. The van der Waals surface area contributed by atoms with Crippen molar-refractivity contribution >= 4 is 69.1 Å². The molecule has 0 spiro atoms. The van der Waals surface area contributed by atoms with E-state index in [0.717, 1.165) is 61.3 Å². The second-order valence-corrected chi connectivity index (χ2v) is 19.4. The standard InChI is InChI=1S/C33H28FN3O5.C27H25FN2O4.C6H4ClNO/c1-20-26(12-22-13-29(40-2)32(30(14-22)41-3)42-33(39)23-7-5-11-36-19-23)25-9-8-24(34)15-28(25)27(20)16-31(38)37-18-21-6-4-10-35-17-21;1-16-21(9-18-10-24(33-2)27(32)25(11-18)34-3)20-7-6-19(28)12-23(20)22(16)13-26(31)30-15-17-5-4-8-29-14-17;7-6(9)5-2-1-3-8-4-5/h4-15,17,19H,16,18H2,1-3H3,(H,37,38);4-12,14,32H,13,15H2,1-3H3,(H,30,31);1-4H/b26-12-;21-9-;. The van der Waals surface area contributed by atoms with Crippen molar-refractivity contribution in [1.82, 2.24) is 30.6 Å². The molecule has 16 nitrogen and oxygen atoms in total. The summed E-state index contributed by atoms with van der Waals surface area (Å²) in [7, 11) is 5.86. The Labute approximate surface area is 494 Å². The molecule has 0 aliphatic heterocycles. The summed E-state index contributed by atoms with van der Waals surface area (Å²) in [6.45, 7) is 4.54. The fourth-order valence-electron chi connectivity index (χ4n) is 9.34. The van der Waals surface area contributed by atoms with E-state index < -0.39 is 11.2 Å². The molecule has 2 aliphatic rings. The van der Waals surface area contributed by atoms with Gasteiger partial charge in [-0.15, -0.1) is 0 Å². The lowest BCUT2D eigenvalue weighted by Crippen LogP contribution is -2.22. The number of methoxy groups -OCH3 is 4. The zero-order valence-electron chi connectivity index (χ0n) is 47.0. The van der Waals surface area contributed by atoms with E-state index in [1.165, 1.54) is 65.1 Å². The maximum absolute atomic E-state index is 14.4. The summed E-state index contributed by atoms with van der Waals surface area (Å²) in [6, 6.07) is 29.9. The number of nitrogens with one attached hydrogen (secondary N) is 2. The van der Waals surface area contributed by atoms with Gasteiger partial charge in [0.1, 0.15) is 11.6 Å². The van der Waals surface area contributed by atoms with Crippen LogP contribution in [0.15, 0.2) is 170 Å². The SMILES string of the molecule is COc1cc(/C=C2/C(C)=C(CC(=O)NCc3cccnc3)c3cc(F)ccc32)cc(OC)c1O.COc1cc(/C=C2/C(C)=C(CC(=O)NCc3cccnc3)c3cc(F)ccc32)cc(OC)c1OC(=O)c1cccnc1.O=C(Cl)c1cccnc1. The average molecular weight is 1170 g/mol. The number of phenols is 1. The highest BCUT2D eigenvalue weighted by atomic mass is 35.5. The molecule has 19 heteroatoms. The smallest absolute Gasteiger partial charge is 0.345 e. The number of carbonyl (C=O) groups is 4. The molecule has 10 rings (SSSR count). The number of rotatable bonds is 17. The van der Waals surface area contributed by atoms with Crippen LogP contribution in [0.1, 0.15) is 91.9 Å². The fourth-order valence-corrected chi connectivity index (χ4v) is 9.46. The van der Waals surface area contributed by atoms with Crippen molar-refractivity contribution < 1.29 is 56.7 Å². The summed E-state index contributed by atoms with van der Waals surface area (Å²) >= 11 is 5.12. The molecule has 8 aromatic rings. The van der Waals surface area contributed by atoms with Gasteiger partial charge < -0.3 is 39.4 Å². The van der Waals surface area contributed by atoms with E-state index in [-0.39, 0.29) is 76.4 Å². The number of hydrogen-bond donors (Lipinski definition) is 3. The highest BCUT2D eigenvalue weighted by Crippen LogP contribution is 2.47. The minimum absolute atomic E-state index is 0.0791. The van der Waals surface area contributed by atoms with Crippen molar-refractivity contribution in [2.75, 3.05) is 28.4 Å². The van der Waals surface area contributed by atoms with Gasteiger partial charge in [-0.25, -0.2) is 13.6 Å². The summed E-state index contributed by atoms with van der Waals surface area (Å²) in [6.07, 6.45) is 16.7. The van der Waals surface area contributed by atoms with Gasteiger partial charge in [0.15, 0.2) is 23.0 Å². The summed E-state index contributed by atoms with van der Waals surface area (Å²) in [5.41, 5.74) is 11.8. The number of phenolic OH excluding ortho intramolecular Hbond substituents is 1. The van der Waals surface area contributed by atoms with Gasteiger partial charge in [0.25, 0.3) is 5.24 Å². The summed E-state index contributed by atoms with van der Waals surface area (Å²) < 4.78 is 55.8. The number of pyridine rings is 4. The second kappa shape index (κ2) is 28.6. The Morgan fingerprint density at radius 2 is 0.929 bits per heavy atom. The number of amides is 2. The Kier molecular flexibility index (Phi) is 20.4. The molecule has 0 unspecified atom stereocenters. The number of aromatic hydroxyl groups is 1. The quantitative estimate of drug-likeness (QED) is 0.0440. The topological polar surface area (TPSA) is 210 Å². The molecule has 0 radical (unpaired) electrons. The van der Waals surface area contributed by atoms with E-state index in [1.807, 2.05) is 50.3 Å². The number of aromatic nitrogens is 4. The number of ether oxygens (including phenoxy) is 5. The van der Waals surface area contributed by atoms with Crippen molar-refractivity contribution in [1.29, 1.82) is 0 Å². The highest BCUT2D eigenvalue weighted by molar-refractivity contribution is 6.67. The number of benzene rings is 4. The van der Waals surface area contributed by atoms with Crippen LogP contribution in [0.3, 0.4) is 0 Å². The van der Waals surface area contributed by atoms with Crippen molar-refractivity contribution in [2.24, 2.45) is 0 Å². The molecule has 432 valence electrons. The molecular formula is C66H57ClF2N6O10. The zero-order valence-corrected chi connectivity index (χ0v) is 47.8. The van der Waals surface area contributed by atoms with E-state index in [9.17, 15) is 33.1 Å². The molecule has 4 heterocycles. The Hall–Kier alpha value is -10.3. The first kappa shape index (κ1) is 60.8. The normalized spacial score (nSPS) is 12.9. The largest absolute Gasteiger partial charge is 0.502 e. The first-order chi connectivity index (χ1) is 41.1. The van der Waals surface area contributed by atoms with E-state index in [4.69, 9.17) is 35.3 Å². The van der Waals surface area contributed by atoms with Gasteiger partial charge in [0.2, 0.25) is 23.3 Å². The number of nitrogens with zero attached hydrogens (tertiary/aromatic N) is 4. The van der Waals surface area contributed by atoms with Gasteiger partial charge in [-0.1, -0.05) is 24.3 Å². The predicted molar refractivity (Wildman–Crippen MR) is 320 cm³/mol. The summed E-state index contributed by atoms with van der Waals surface area (Å²) in [5, 5.41) is 15.6. The minimum atomic E-state index is -0.609. The van der Waals surface area contributed by atoms with E-state index in [0.29, 0.717) is 35.3 Å². The third kappa shape index (κ3) is 15.2. The number of carbonyl (C=O) groups excluding carboxylic acids is 4. The zero-order chi connectivity index (χ0) is 60.6. The van der Waals surface area contributed by atoms with Gasteiger partial charge in [0.05, 0.1) is 52.4 Å². The lowest BCUT2D eigenvalue weighted by atomic mass is 10.00. The predicted octanol–water partition coefficient (Wildman–Crippen LogP) is 12.3. The number of halogens is 3. The molecule has 4 aromatic heterocycles. The lowest BCUT2D eigenvalue weighted by molar-refractivity contribution is -0.121. The highest BCUT2D eigenvalue weighted by Gasteiger charge is 2.28. The lowest BCUT2D eigenvalue weighted by Gasteiger charge is -2.15. The van der Waals surface area contributed by atoms with Crippen molar-refractivity contribution in [3.05, 3.63) is 237 Å². The van der Waals surface area contributed by atoms with Crippen LogP contribution in [-0.4, -0.2) is 76.5 Å². The number of esters is 1. The van der Waals surface area contributed by atoms with Crippen LogP contribution in [0, 0.1) is 11.6 Å². The molecular weight excluding hydrogens is 1110 g/mol. The molecule has 85 heavy (non-hydrogen) atoms. The molecule has 0 saturated heterocycles. The Bertz CT molecular complexity index is 3850. The molecule has 4 aromatic carbocycles. The van der Waals surface area contributed by atoms with Crippen molar-refractivity contribution in [3.63, 3.8) is 0 Å². The van der Waals surface area contributed by atoms with Crippen LogP contribution in [0.4, 0.5) is 8.78 Å². The van der Waals surface area contributed by atoms with Gasteiger partial charge in [0, 0.05) is 62.7 Å². The Morgan fingerprint density at radius 3 is 1.29 bits per heavy atom. The average Bonchev–Trinajstić information content (AvgIpc) is 2.77. The molecule has 2 aliphatic carbocycles. The second-order valence-electron chi connectivity index (χ2n) is 19.0. The van der Waals surface area contributed by atoms with E-state index in [2.05, 4.69) is 30.6 Å². The monoisotopic (exact) mass is 1170 g/mol. The third-order valence-electron chi connectivity index (χ3n) is 13.6. The van der Waals surface area contributed by atoms with Crippen LogP contribution in [-0.2, 0) is 22.7 Å². The first-order valence-electron chi connectivity index (χ1n) is 26.3. The maximum atomic E-state index is 14.4. The fraction of sp³-hybridized carbons (Fsp3) is 0.152. The molecule has 2 amide bonds. The Balaban J connectivity index is 0.000000196. The molecule has 0 atom stereocenters. The first-order valence-corrected chi connectivity index (χ1v) is 26.7. The van der Waals surface area contributed by atoms with E-state index in [1.54, 1.807) is 97.8 Å². The van der Waals surface area contributed by atoms with Gasteiger partial charge >= 0.3 is 5.97 Å².